The molecule has 0 aliphatic rings. The van der Waals surface area contributed by atoms with Crippen molar-refractivity contribution in [3.63, 3.8) is 0 Å². The number of fused-ring (bicyclic) bond motifs is 1. The molecule has 0 unspecified atom stereocenters. The lowest BCUT2D eigenvalue weighted by Crippen LogP contribution is -2.18. The molecular formula is C25H21FN6O2. The minimum atomic E-state index is -0.742. The zero-order valence-corrected chi connectivity index (χ0v) is 18.6. The molecule has 0 radical (unpaired) electrons. The summed E-state index contributed by atoms with van der Waals surface area (Å²) in [6.07, 6.45) is 0.350. The van der Waals surface area contributed by atoms with E-state index in [1.54, 1.807) is 11.6 Å². The second-order valence-corrected chi connectivity index (χ2v) is 7.89. The first-order valence-electron chi connectivity index (χ1n) is 10.5. The summed E-state index contributed by atoms with van der Waals surface area (Å²) in [5.74, 6) is -1.85. The number of nitriles is 1. The van der Waals surface area contributed by atoms with E-state index >= 15 is 0 Å². The van der Waals surface area contributed by atoms with Gasteiger partial charge in [-0.2, -0.15) is 10.4 Å². The number of benzene rings is 2. The van der Waals surface area contributed by atoms with Gasteiger partial charge >= 0.3 is 0 Å². The van der Waals surface area contributed by atoms with Crippen molar-refractivity contribution in [2.75, 3.05) is 5.32 Å². The monoisotopic (exact) mass is 456 g/mol. The molecule has 9 heteroatoms. The summed E-state index contributed by atoms with van der Waals surface area (Å²) in [4.78, 5) is 29.1. The number of amides is 2. The minimum absolute atomic E-state index is 0.0634. The number of nitrogens with one attached hydrogen (secondary N) is 1. The highest BCUT2D eigenvalue weighted by molar-refractivity contribution is 6.10. The van der Waals surface area contributed by atoms with E-state index in [0.717, 1.165) is 22.9 Å². The highest BCUT2D eigenvalue weighted by atomic mass is 19.1. The number of hydrogen-bond donors (Lipinski definition) is 2. The van der Waals surface area contributed by atoms with Gasteiger partial charge in [0.05, 0.1) is 47.2 Å². The molecule has 0 aliphatic carbocycles. The van der Waals surface area contributed by atoms with Crippen LogP contribution in [0.3, 0.4) is 0 Å². The molecule has 34 heavy (non-hydrogen) atoms. The average Bonchev–Trinajstić information content (AvgIpc) is 3.06. The topological polar surface area (TPSA) is 127 Å². The Bertz CT molecular complexity index is 1470. The summed E-state index contributed by atoms with van der Waals surface area (Å²) in [6.45, 7) is 4.08. The van der Waals surface area contributed by atoms with Gasteiger partial charge in [0.2, 0.25) is 5.91 Å². The number of rotatable bonds is 6. The van der Waals surface area contributed by atoms with Crippen molar-refractivity contribution in [2.45, 2.75) is 26.8 Å². The van der Waals surface area contributed by atoms with E-state index < -0.39 is 17.6 Å². The van der Waals surface area contributed by atoms with E-state index in [-0.39, 0.29) is 16.8 Å². The average molecular weight is 456 g/mol. The van der Waals surface area contributed by atoms with E-state index in [9.17, 15) is 14.0 Å². The van der Waals surface area contributed by atoms with Gasteiger partial charge in [-0.3, -0.25) is 14.3 Å². The van der Waals surface area contributed by atoms with Gasteiger partial charge in [-0.05, 0) is 43.2 Å². The standard InChI is InChI=1S/C25H21FN6O2/c1-14-23(15(2)32(31-14)13-17-5-3-16(4-6-17)9-10-27)30-25(34)22-12-20(24(28)33)19-8-7-18(26)11-21(19)29-22/h3-8,11-12H,9,13H2,1-2H3,(H2,28,33)(H,30,34). The molecule has 2 aromatic carbocycles. The molecule has 0 spiro atoms. The van der Waals surface area contributed by atoms with E-state index in [1.165, 1.54) is 18.2 Å². The molecule has 2 heterocycles. The SMILES string of the molecule is Cc1nn(Cc2ccc(CC#N)cc2)c(C)c1NC(=O)c1cc(C(N)=O)c2ccc(F)cc2n1. The first-order chi connectivity index (χ1) is 16.3. The fourth-order valence-electron chi connectivity index (χ4n) is 3.76. The second kappa shape index (κ2) is 9.11. The number of nitrogens with zero attached hydrogens (tertiary/aromatic N) is 4. The number of pyridine rings is 1. The largest absolute Gasteiger partial charge is 0.366 e. The number of carbonyl (C=O) groups excluding carboxylic acids is 2. The normalized spacial score (nSPS) is 10.8. The zero-order valence-electron chi connectivity index (χ0n) is 18.6. The smallest absolute Gasteiger partial charge is 0.274 e. The predicted octanol–water partition coefficient (Wildman–Crippen LogP) is 3.65. The number of aryl methyl sites for hydroxylation is 1. The Morgan fingerprint density at radius 2 is 1.82 bits per heavy atom. The summed E-state index contributed by atoms with van der Waals surface area (Å²) < 4.78 is 15.5. The van der Waals surface area contributed by atoms with Crippen molar-refractivity contribution in [3.8, 4) is 6.07 Å². The zero-order chi connectivity index (χ0) is 24.4. The molecule has 2 amide bonds. The first-order valence-corrected chi connectivity index (χ1v) is 10.5. The van der Waals surface area contributed by atoms with Gasteiger partial charge in [0.15, 0.2) is 0 Å². The van der Waals surface area contributed by atoms with Crippen molar-refractivity contribution < 1.29 is 14.0 Å². The maximum atomic E-state index is 13.7. The third-order valence-electron chi connectivity index (χ3n) is 5.53. The number of hydrogen-bond acceptors (Lipinski definition) is 5. The van der Waals surface area contributed by atoms with Crippen molar-refractivity contribution in [3.05, 3.63) is 88.1 Å². The highest BCUT2D eigenvalue weighted by Gasteiger charge is 2.19. The van der Waals surface area contributed by atoms with Crippen LogP contribution < -0.4 is 11.1 Å². The summed E-state index contributed by atoms with van der Waals surface area (Å²) >= 11 is 0. The van der Waals surface area contributed by atoms with Gasteiger partial charge in [0, 0.05) is 11.5 Å². The van der Waals surface area contributed by atoms with Crippen molar-refractivity contribution >= 4 is 28.4 Å². The maximum Gasteiger partial charge on any atom is 0.274 e. The van der Waals surface area contributed by atoms with Crippen LogP contribution in [0.1, 0.15) is 43.4 Å². The fraction of sp³-hybridized carbons (Fsp3) is 0.160. The van der Waals surface area contributed by atoms with Crippen LogP contribution in [0.2, 0.25) is 0 Å². The van der Waals surface area contributed by atoms with Crippen LogP contribution in [0, 0.1) is 31.0 Å². The van der Waals surface area contributed by atoms with Gasteiger partial charge in [0.25, 0.3) is 5.91 Å². The van der Waals surface area contributed by atoms with Gasteiger partial charge < -0.3 is 11.1 Å². The lowest BCUT2D eigenvalue weighted by atomic mass is 10.1. The molecule has 0 atom stereocenters. The molecule has 4 aromatic rings. The van der Waals surface area contributed by atoms with Crippen molar-refractivity contribution in [1.29, 1.82) is 5.26 Å². The Labute approximate surface area is 194 Å². The molecule has 0 saturated carbocycles. The molecule has 4 rings (SSSR count). The Kier molecular flexibility index (Phi) is 6.06. The quantitative estimate of drug-likeness (QED) is 0.458. The summed E-state index contributed by atoms with van der Waals surface area (Å²) in [5.41, 5.74) is 9.43. The minimum Gasteiger partial charge on any atom is -0.366 e. The van der Waals surface area contributed by atoms with Crippen molar-refractivity contribution in [1.82, 2.24) is 14.8 Å². The summed E-state index contributed by atoms with van der Waals surface area (Å²) in [6, 6.07) is 14.9. The highest BCUT2D eigenvalue weighted by Crippen LogP contribution is 2.23. The molecule has 0 saturated heterocycles. The lowest BCUT2D eigenvalue weighted by Gasteiger charge is -2.10. The second-order valence-electron chi connectivity index (χ2n) is 7.89. The summed E-state index contributed by atoms with van der Waals surface area (Å²) in [7, 11) is 0. The van der Waals surface area contributed by atoms with Crippen LogP contribution in [-0.2, 0) is 13.0 Å². The van der Waals surface area contributed by atoms with Gasteiger partial charge in [-0.15, -0.1) is 0 Å². The molecule has 170 valence electrons. The Morgan fingerprint density at radius 1 is 1.12 bits per heavy atom. The van der Waals surface area contributed by atoms with Gasteiger partial charge in [0.1, 0.15) is 11.5 Å². The number of halogens is 1. The van der Waals surface area contributed by atoms with Crippen LogP contribution in [0.5, 0.6) is 0 Å². The van der Waals surface area contributed by atoms with Crippen LogP contribution >= 0.6 is 0 Å². The number of carbonyl (C=O) groups is 2. The number of primary amides is 1. The number of anilines is 1. The van der Waals surface area contributed by atoms with E-state index in [4.69, 9.17) is 11.0 Å². The molecule has 0 aliphatic heterocycles. The van der Waals surface area contributed by atoms with Gasteiger partial charge in [-0.1, -0.05) is 24.3 Å². The summed E-state index contributed by atoms with van der Waals surface area (Å²) in [5, 5.41) is 16.5. The molecule has 0 bridgehead atoms. The third kappa shape index (κ3) is 4.47. The Balaban J connectivity index is 1.61. The number of nitrogens with two attached hydrogens (primary N) is 1. The molecule has 3 N–H and O–H groups in total. The third-order valence-corrected chi connectivity index (χ3v) is 5.53. The van der Waals surface area contributed by atoms with E-state index in [2.05, 4.69) is 21.5 Å². The number of aromatic nitrogens is 3. The predicted molar refractivity (Wildman–Crippen MR) is 125 cm³/mol. The van der Waals surface area contributed by atoms with Crippen LogP contribution in [0.15, 0.2) is 48.5 Å². The van der Waals surface area contributed by atoms with Crippen LogP contribution in [0.25, 0.3) is 10.9 Å². The Hall–Kier alpha value is -4.58. The fourth-order valence-corrected chi connectivity index (χ4v) is 3.76. The molecule has 2 aromatic heterocycles. The van der Waals surface area contributed by atoms with Crippen LogP contribution in [-0.4, -0.2) is 26.6 Å². The van der Waals surface area contributed by atoms with Gasteiger partial charge in [-0.25, -0.2) is 9.37 Å². The molecule has 8 nitrogen and oxygen atoms in total. The lowest BCUT2D eigenvalue weighted by molar-refractivity contribution is 0.100. The van der Waals surface area contributed by atoms with Crippen molar-refractivity contribution in [2.24, 2.45) is 5.73 Å². The van der Waals surface area contributed by atoms with E-state index in [1.807, 2.05) is 31.2 Å². The van der Waals surface area contributed by atoms with Crippen LogP contribution in [0.4, 0.5) is 10.1 Å². The van der Waals surface area contributed by atoms with E-state index in [0.29, 0.717) is 29.7 Å². The molecule has 0 fully saturated rings. The first kappa shape index (κ1) is 22.6. The molecular weight excluding hydrogens is 435 g/mol. The maximum absolute atomic E-state index is 13.7. The Morgan fingerprint density at radius 3 is 2.50 bits per heavy atom.